The minimum Gasteiger partial charge on any atom is -0.463 e. The van der Waals surface area contributed by atoms with Crippen molar-refractivity contribution in [1.82, 2.24) is 4.98 Å². The van der Waals surface area contributed by atoms with E-state index in [9.17, 15) is 15.3 Å². The van der Waals surface area contributed by atoms with Crippen LogP contribution >= 0.6 is 23.1 Å². The van der Waals surface area contributed by atoms with Crippen molar-refractivity contribution < 1.29 is 14.3 Å². The van der Waals surface area contributed by atoms with Crippen LogP contribution in [0.4, 0.5) is 0 Å². The highest BCUT2D eigenvalue weighted by molar-refractivity contribution is 7.99. The first-order valence-electron chi connectivity index (χ1n) is 9.85. The van der Waals surface area contributed by atoms with E-state index in [1.165, 1.54) is 23.1 Å². The van der Waals surface area contributed by atoms with Gasteiger partial charge in [-0.25, -0.2) is 9.78 Å². The smallest absolute Gasteiger partial charge is 0.338 e. The Morgan fingerprint density at radius 2 is 2.06 bits per heavy atom. The fourth-order valence-electron chi connectivity index (χ4n) is 3.38. The fourth-order valence-corrected chi connectivity index (χ4v) is 5.25. The van der Waals surface area contributed by atoms with Gasteiger partial charge in [-0.3, -0.25) is 0 Å². The third kappa shape index (κ3) is 4.36. The highest BCUT2D eigenvalue weighted by atomic mass is 32.2. The number of allylic oxidation sites excluding steroid dienone is 1. The molecule has 1 aliphatic heterocycles. The SMILES string of the molecule is CCOC(=O)C1=C(CSc2nc(C)c(C)c(C)c2C#N)OC(N)=C(C#N)C1c1cccs1. The summed E-state index contributed by atoms with van der Waals surface area (Å²) in [4.78, 5) is 18.3. The van der Waals surface area contributed by atoms with Gasteiger partial charge in [0.1, 0.15) is 28.5 Å². The highest BCUT2D eigenvalue weighted by Gasteiger charge is 2.38. The van der Waals surface area contributed by atoms with Gasteiger partial charge in [-0.2, -0.15) is 10.5 Å². The number of hydrogen-bond acceptors (Lipinski definition) is 9. The van der Waals surface area contributed by atoms with Crippen LogP contribution in [-0.4, -0.2) is 23.3 Å². The molecule has 2 aromatic rings. The molecule has 164 valence electrons. The van der Waals surface area contributed by atoms with E-state index in [1.807, 2.05) is 38.3 Å². The van der Waals surface area contributed by atoms with Crippen LogP contribution in [0, 0.1) is 43.4 Å². The van der Waals surface area contributed by atoms with E-state index in [0.717, 1.165) is 21.7 Å². The second kappa shape index (κ2) is 9.90. The van der Waals surface area contributed by atoms with Crippen molar-refractivity contribution in [3.8, 4) is 12.1 Å². The molecule has 0 amide bonds. The van der Waals surface area contributed by atoms with Crippen LogP contribution in [0.5, 0.6) is 0 Å². The summed E-state index contributed by atoms with van der Waals surface area (Å²) in [5.41, 5.74) is 9.65. The number of nitriles is 2. The summed E-state index contributed by atoms with van der Waals surface area (Å²) in [5, 5.41) is 21.8. The van der Waals surface area contributed by atoms with Crippen LogP contribution in [0.3, 0.4) is 0 Å². The molecule has 1 aliphatic rings. The van der Waals surface area contributed by atoms with Crippen molar-refractivity contribution in [3.63, 3.8) is 0 Å². The number of pyridine rings is 1. The molecule has 0 saturated carbocycles. The zero-order valence-electron chi connectivity index (χ0n) is 18.2. The van der Waals surface area contributed by atoms with E-state index in [2.05, 4.69) is 17.1 Å². The molecule has 0 aliphatic carbocycles. The number of carbonyl (C=O) groups excluding carboxylic acids is 1. The van der Waals surface area contributed by atoms with Crippen LogP contribution in [0.1, 0.15) is 40.1 Å². The van der Waals surface area contributed by atoms with Crippen LogP contribution in [0.2, 0.25) is 0 Å². The van der Waals surface area contributed by atoms with Crippen molar-refractivity contribution in [3.05, 3.63) is 67.6 Å². The lowest BCUT2D eigenvalue weighted by atomic mass is 9.87. The van der Waals surface area contributed by atoms with Gasteiger partial charge in [-0.1, -0.05) is 17.8 Å². The number of thioether (sulfide) groups is 1. The summed E-state index contributed by atoms with van der Waals surface area (Å²) in [6, 6.07) is 8.00. The quantitative estimate of drug-likeness (QED) is 0.492. The third-order valence-electron chi connectivity index (χ3n) is 5.23. The molecule has 1 atom stereocenters. The number of rotatable bonds is 6. The minimum atomic E-state index is -0.673. The van der Waals surface area contributed by atoms with Gasteiger partial charge in [-0.05, 0) is 50.3 Å². The molecule has 0 bridgehead atoms. The number of nitrogens with two attached hydrogens (primary N) is 1. The van der Waals surface area contributed by atoms with Crippen molar-refractivity contribution in [2.75, 3.05) is 12.4 Å². The maximum absolute atomic E-state index is 13.0. The molecule has 2 aromatic heterocycles. The zero-order chi connectivity index (χ0) is 23.4. The van der Waals surface area contributed by atoms with Gasteiger partial charge in [-0.15, -0.1) is 11.3 Å². The number of aryl methyl sites for hydroxylation is 1. The fraction of sp³-hybridized carbons (Fsp3) is 0.304. The molecule has 0 aromatic carbocycles. The monoisotopic (exact) mass is 466 g/mol. The number of aromatic nitrogens is 1. The maximum Gasteiger partial charge on any atom is 0.338 e. The molecule has 2 N–H and O–H groups in total. The van der Waals surface area contributed by atoms with Gasteiger partial charge in [0.2, 0.25) is 5.88 Å². The number of hydrogen-bond donors (Lipinski definition) is 1. The second-order valence-corrected chi connectivity index (χ2v) is 8.97. The lowest BCUT2D eigenvalue weighted by molar-refractivity contribution is -0.139. The number of esters is 1. The molecule has 7 nitrogen and oxygen atoms in total. The van der Waals surface area contributed by atoms with Crippen LogP contribution < -0.4 is 5.73 Å². The van der Waals surface area contributed by atoms with Crippen LogP contribution in [-0.2, 0) is 14.3 Å². The predicted octanol–water partition coefficient (Wildman–Crippen LogP) is 4.36. The molecule has 0 fully saturated rings. The number of thiophene rings is 1. The van der Waals surface area contributed by atoms with Crippen LogP contribution in [0.15, 0.2) is 45.3 Å². The van der Waals surface area contributed by atoms with Crippen molar-refractivity contribution in [1.29, 1.82) is 10.5 Å². The first-order valence-corrected chi connectivity index (χ1v) is 11.7. The molecule has 32 heavy (non-hydrogen) atoms. The summed E-state index contributed by atoms with van der Waals surface area (Å²) in [5.74, 6) is -0.789. The normalized spacial score (nSPS) is 15.8. The Morgan fingerprint density at radius 1 is 1.31 bits per heavy atom. The molecular formula is C23H22N4O3S2. The Balaban J connectivity index is 2.08. The number of carbonyl (C=O) groups is 1. The third-order valence-corrected chi connectivity index (χ3v) is 7.15. The van der Waals surface area contributed by atoms with Gasteiger partial charge in [0.05, 0.1) is 29.4 Å². The molecule has 3 heterocycles. The minimum absolute atomic E-state index is 0.0423. The largest absolute Gasteiger partial charge is 0.463 e. The van der Waals surface area contributed by atoms with Gasteiger partial charge >= 0.3 is 5.97 Å². The lowest BCUT2D eigenvalue weighted by Gasteiger charge is -2.27. The molecule has 0 spiro atoms. The molecule has 0 radical (unpaired) electrons. The van der Waals surface area contributed by atoms with Gasteiger partial charge in [0.25, 0.3) is 0 Å². The van der Waals surface area contributed by atoms with E-state index >= 15 is 0 Å². The summed E-state index contributed by atoms with van der Waals surface area (Å²) in [7, 11) is 0. The van der Waals surface area contributed by atoms with E-state index in [-0.39, 0.29) is 29.4 Å². The van der Waals surface area contributed by atoms with Crippen molar-refractivity contribution >= 4 is 29.1 Å². The van der Waals surface area contributed by atoms with Gasteiger partial charge in [0, 0.05) is 10.6 Å². The average molecular weight is 467 g/mol. The van der Waals surface area contributed by atoms with E-state index in [0.29, 0.717) is 16.3 Å². The average Bonchev–Trinajstić information content (AvgIpc) is 3.30. The molecule has 0 saturated heterocycles. The topological polar surface area (TPSA) is 122 Å². The van der Waals surface area contributed by atoms with Gasteiger partial charge in [0.15, 0.2) is 0 Å². The second-order valence-electron chi connectivity index (χ2n) is 7.03. The Hall–Kier alpha value is -3.27. The Morgan fingerprint density at radius 3 is 2.66 bits per heavy atom. The van der Waals surface area contributed by atoms with E-state index < -0.39 is 11.9 Å². The summed E-state index contributed by atoms with van der Waals surface area (Å²) in [6.45, 7) is 7.60. The first-order chi connectivity index (χ1) is 15.3. The highest BCUT2D eigenvalue weighted by Crippen LogP contribution is 2.42. The maximum atomic E-state index is 13.0. The summed E-state index contributed by atoms with van der Waals surface area (Å²) < 4.78 is 11.1. The summed E-state index contributed by atoms with van der Waals surface area (Å²) >= 11 is 2.70. The Kier molecular flexibility index (Phi) is 7.24. The van der Waals surface area contributed by atoms with E-state index in [1.54, 1.807) is 6.92 Å². The standard InChI is InChI=1S/C23H22N4O3S2/c1-5-29-23(28)20-17(11-32-22-15(9-24)13(3)12(2)14(4)27-22)30-21(26)16(10-25)19(20)18-7-6-8-31-18/h6-8,19H,5,11,26H2,1-4H3. The molecule has 1 unspecified atom stereocenters. The molecular weight excluding hydrogens is 444 g/mol. The lowest BCUT2D eigenvalue weighted by Crippen LogP contribution is -2.26. The number of ether oxygens (including phenoxy) is 2. The van der Waals surface area contributed by atoms with Crippen molar-refractivity contribution in [2.24, 2.45) is 5.73 Å². The Bertz CT molecular complexity index is 1200. The predicted molar refractivity (Wildman–Crippen MR) is 123 cm³/mol. The first kappa shape index (κ1) is 23.4. The molecule has 9 heteroatoms. The number of nitrogens with zero attached hydrogens (tertiary/aromatic N) is 3. The van der Waals surface area contributed by atoms with E-state index in [4.69, 9.17) is 15.2 Å². The summed E-state index contributed by atoms with van der Waals surface area (Å²) in [6.07, 6.45) is 0. The van der Waals surface area contributed by atoms with Crippen LogP contribution in [0.25, 0.3) is 0 Å². The Labute approximate surface area is 195 Å². The van der Waals surface area contributed by atoms with Gasteiger partial charge < -0.3 is 15.2 Å². The molecule has 3 rings (SSSR count). The zero-order valence-corrected chi connectivity index (χ0v) is 19.8. The van der Waals surface area contributed by atoms with Crippen molar-refractivity contribution in [2.45, 2.75) is 38.6 Å².